The summed E-state index contributed by atoms with van der Waals surface area (Å²) in [4.78, 5) is 82.2. The monoisotopic (exact) mass is 757 g/mol. The van der Waals surface area contributed by atoms with Crippen molar-refractivity contribution in [3.63, 3.8) is 0 Å². The number of amides is 5. The van der Waals surface area contributed by atoms with Gasteiger partial charge in [0.1, 0.15) is 11.9 Å². The van der Waals surface area contributed by atoms with Gasteiger partial charge in [-0.2, -0.15) is 0 Å². The van der Waals surface area contributed by atoms with Crippen molar-refractivity contribution in [3.05, 3.63) is 83.2 Å². The summed E-state index contributed by atoms with van der Waals surface area (Å²) in [6.07, 6.45) is 6.46. The van der Waals surface area contributed by atoms with Crippen LogP contribution >= 0.6 is 0 Å². The summed E-state index contributed by atoms with van der Waals surface area (Å²) in [6.45, 7) is 7.64. The first-order valence-electron chi connectivity index (χ1n) is 19.9. The number of benzene rings is 2. The van der Waals surface area contributed by atoms with Crippen LogP contribution in [0.3, 0.4) is 0 Å². The molecule has 5 aliphatic rings. The molecule has 0 spiro atoms. The molecule has 5 amide bonds. The fourth-order valence-corrected chi connectivity index (χ4v) is 9.19. The van der Waals surface area contributed by atoms with Gasteiger partial charge in [0.25, 0.3) is 17.7 Å². The summed E-state index contributed by atoms with van der Waals surface area (Å²) in [5.41, 5.74) is 5.40. The number of anilines is 3. The van der Waals surface area contributed by atoms with Crippen molar-refractivity contribution in [2.75, 3.05) is 74.5 Å². The first-order chi connectivity index (χ1) is 27.2. The summed E-state index contributed by atoms with van der Waals surface area (Å²) >= 11 is 0. The largest absolute Gasteiger partial charge is 0.371 e. The number of carbonyl (C=O) groups is 5. The molecule has 3 N–H and O–H groups in total. The number of fused-ring (bicyclic) bond motifs is 2. The molecule has 2 aromatic carbocycles. The third-order valence-electron chi connectivity index (χ3n) is 12.4. The Bertz CT molecular complexity index is 2200. The molecule has 9 rings (SSSR count). The summed E-state index contributed by atoms with van der Waals surface area (Å²) in [5, 5.41) is 6.26. The van der Waals surface area contributed by atoms with E-state index in [1.54, 1.807) is 12.1 Å². The predicted molar refractivity (Wildman–Crippen MR) is 212 cm³/mol. The third-order valence-corrected chi connectivity index (χ3v) is 12.4. The molecule has 14 nitrogen and oxygen atoms in total. The number of piperidine rings is 2. The first kappa shape index (κ1) is 36.1. The Morgan fingerprint density at radius 3 is 2.25 bits per heavy atom. The summed E-state index contributed by atoms with van der Waals surface area (Å²) in [6, 6.07) is 16.7. The van der Waals surface area contributed by atoms with E-state index < -0.39 is 23.8 Å². The number of pyridine rings is 1. The number of nitrogens with one attached hydrogen (secondary N) is 3. The fraction of sp³-hybridized carbons (Fsp3) is 0.429. The van der Waals surface area contributed by atoms with Gasteiger partial charge in [-0.15, -0.1) is 0 Å². The number of aromatic nitrogens is 2. The van der Waals surface area contributed by atoms with E-state index in [-0.39, 0.29) is 24.7 Å². The molecule has 56 heavy (non-hydrogen) atoms. The van der Waals surface area contributed by atoms with E-state index >= 15 is 0 Å². The highest BCUT2D eigenvalue weighted by Crippen LogP contribution is 2.34. The van der Waals surface area contributed by atoms with Gasteiger partial charge in [0.2, 0.25) is 11.8 Å². The van der Waals surface area contributed by atoms with Crippen molar-refractivity contribution in [2.45, 2.75) is 50.6 Å². The van der Waals surface area contributed by atoms with Gasteiger partial charge in [0, 0.05) is 98.6 Å². The molecule has 2 aromatic heterocycles. The highest BCUT2D eigenvalue weighted by atomic mass is 16.2. The number of imide groups is 2. The van der Waals surface area contributed by atoms with Crippen LogP contribution in [0.2, 0.25) is 0 Å². The molecular formula is C42H47N9O5. The van der Waals surface area contributed by atoms with Gasteiger partial charge in [-0.3, -0.25) is 44.0 Å². The van der Waals surface area contributed by atoms with Crippen molar-refractivity contribution in [3.8, 4) is 0 Å². The van der Waals surface area contributed by atoms with E-state index in [2.05, 4.69) is 53.3 Å². The Balaban J connectivity index is 0.736. The summed E-state index contributed by atoms with van der Waals surface area (Å²) in [5.74, 6) is -1.03. The fourth-order valence-electron chi connectivity index (χ4n) is 9.19. The van der Waals surface area contributed by atoms with Gasteiger partial charge in [-0.25, -0.2) is 4.98 Å². The zero-order valence-electron chi connectivity index (χ0n) is 31.6. The second-order valence-corrected chi connectivity index (χ2v) is 15.9. The normalized spacial score (nSPS) is 22.6. The maximum absolute atomic E-state index is 13.3. The third kappa shape index (κ3) is 6.92. The van der Waals surface area contributed by atoms with Crippen LogP contribution in [-0.2, 0) is 9.59 Å². The lowest BCUT2D eigenvalue weighted by Crippen LogP contribution is -2.54. The van der Waals surface area contributed by atoms with Crippen molar-refractivity contribution in [1.29, 1.82) is 0 Å². The van der Waals surface area contributed by atoms with Gasteiger partial charge in [0.15, 0.2) is 0 Å². The zero-order chi connectivity index (χ0) is 38.5. The van der Waals surface area contributed by atoms with Gasteiger partial charge in [-0.1, -0.05) is 0 Å². The molecular weight excluding hydrogens is 711 g/mol. The van der Waals surface area contributed by atoms with E-state index in [4.69, 9.17) is 0 Å². The van der Waals surface area contributed by atoms with Crippen molar-refractivity contribution >= 4 is 57.6 Å². The molecule has 2 atom stereocenters. The topological polar surface area (TPSA) is 154 Å². The minimum absolute atomic E-state index is 0.0981. The molecule has 0 aliphatic carbocycles. The van der Waals surface area contributed by atoms with Crippen molar-refractivity contribution in [1.82, 2.24) is 30.0 Å². The van der Waals surface area contributed by atoms with Crippen LogP contribution in [0.5, 0.6) is 0 Å². The molecule has 0 bridgehead atoms. The minimum atomic E-state index is -0.965. The van der Waals surface area contributed by atoms with Gasteiger partial charge in [-0.05, 0) is 100 Å². The molecule has 5 aliphatic heterocycles. The van der Waals surface area contributed by atoms with Crippen molar-refractivity contribution < 1.29 is 24.0 Å². The number of hydrogen-bond donors (Lipinski definition) is 3. The molecule has 290 valence electrons. The van der Waals surface area contributed by atoms with Gasteiger partial charge in [0.05, 0.1) is 16.6 Å². The summed E-state index contributed by atoms with van der Waals surface area (Å²) in [7, 11) is 2.16. The number of likely N-dealkylation sites (tertiary alicyclic amines) is 1. The SMILES string of the molecule is CN1CCC[C@@H]1c1cc2cnc(NC(=O)c3ccc(N4CCN(CC5CCN(c6ccc7c(c6)C(=O)N(C6CCC(=O)NC6=O)C7=O)CC5)CC4)cc3)cc2[nH]1. The second-order valence-electron chi connectivity index (χ2n) is 15.9. The Morgan fingerprint density at radius 2 is 1.52 bits per heavy atom. The number of aromatic amines is 1. The number of nitrogens with zero attached hydrogens (tertiary/aromatic N) is 6. The minimum Gasteiger partial charge on any atom is -0.371 e. The van der Waals surface area contributed by atoms with Crippen LogP contribution in [0.1, 0.15) is 81.3 Å². The molecule has 0 radical (unpaired) electrons. The second kappa shape index (κ2) is 14.8. The summed E-state index contributed by atoms with van der Waals surface area (Å²) < 4.78 is 0. The number of piperazine rings is 1. The maximum Gasteiger partial charge on any atom is 0.262 e. The average Bonchev–Trinajstić information content (AvgIpc) is 3.90. The predicted octanol–water partition coefficient (Wildman–Crippen LogP) is 4.02. The molecule has 4 saturated heterocycles. The van der Waals surface area contributed by atoms with E-state index in [0.717, 1.165) is 98.8 Å². The molecule has 4 fully saturated rings. The standard InChI is InChI=1S/C42H47N9O5/c1-47-14-2-3-35(47)34-21-28-24-43-37(23-33(28)44-34)45-39(53)27-4-6-29(7-5-27)50-19-17-48(18-20-50)25-26-12-15-49(16-13-26)30-8-9-31-32(22-30)42(56)51(41(31)55)36-10-11-38(52)46-40(36)54/h4-9,21-24,26,35-36,44H,2-3,10-20,25H2,1H3,(H,43,45,53)(H,46,52,54)/t35-,36?/m1/s1. The van der Waals surface area contributed by atoms with Gasteiger partial charge >= 0.3 is 0 Å². The number of hydrogen-bond acceptors (Lipinski definition) is 10. The molecule has 4 aromatic rings. The number of H-pyrrole nitrogens is 1. The van der Waals surface area contributed by atoms with Crippen LogP contribution < -0.4 is 20.4 Å². The van der Waals surface area contributed by atoms with Crippen LogP contribution in [0.25, 0.3) is 10.9 Å². The Morgan fingerprint density at radius 1 is 0.786 bits per heavy atom. The van der Waals surface area contributed by atoms with Crippen LogP contribution in [0, 0.1) is 5.92 Å². The van der Waals surface area contributed by atoms with E-state index in [9.17, 15) is 24.0 Å². The quantitative estimate of drug-likeness (QED) is 0.225. The van der Waals surface area contributed by atoms with Crippen LogP contribution in [-0.4, -0.2) is 120 Å². The first-order valence-corrected chi connectivity index (χ1v) is 19.9. The van der Waals surface area contributed by atoms with E-state index in [1.165, 1.54) is 12.1 Å². The number of carbonyl (C=O) groups excluding carboxylic acids is 5. The lowest BCUT2D eigenvalue weighted by molar-refractivity contribution is -0.136. The van der Waals surface area contributed by atoms with E-state index in [0.29, 0.717) is 34.5 Å². The maximum atomic E-state index is 13.3. The lowest BCUT2D eigenvalue weighted by Gasteiger charge is -2.40. The molecule has 7 heterocycles. The highest BCUT2D eigenvalue weighted by Gasteiger charge is 2.45. The lowest BCUT2D eigenvalue weighted by atomic mass is 9.95. The Labute approximate surface area is 325 Å². The highest BCUT2D eigenvalue weighted by molar-refractivity contribution is 6.23. The van der Waals surface area contributed by atoms with E-state index in [1.807, 2.05) is 42.6 Å². The molecule has 1 unspecified atom stereocenters. The molecule has 0 saturated carbocycles. The van der Waals surface area contributed by atoms with Crippen LogP contribution in [0.4, 0.5) is 17.2 Å². The molecule has 14 heteroatoms. The average molecular weight is 758 g/mol. The van der Waals surface area contributed by atoms with Gasteiger partial charge < -0.3 is 20.1 Å². The number of rotatable bonds is 8. The Hall–Kier alpha value is -5.60. The van der Waals surface area contributed by atoms with Crippen molar-refractivity contribution in [2.24, 2.45) is 5.92 Å². The Kier molecular flexibility index (Phi) is 9.54. The van der Waals surface area contributed by atoms with Crippen LogP contribution in [0.15, 0.2) is 60.8 Å². The zero-order valence-corrected chi connectivity index (χ0v) is 31.6. The smallest absolute Gasteiger partial charge is 0.262 e.